The number of morpholine rings is 1. The monoisotopic (exact) mass is 427 g/mol. The van der Waals surface area contributed by atoms with Crippen LogP contribution in [-0.4, -0.2) is 41.5 Å². The van der Waals surface area contributed by atoms with E-state index >= 15 is 0 Å². The van der Waals surface area contributed by atoms with Crippen LogP contribution in [0.2, 0.25) is 0 Å². The lowest BCUT2D eigenvalue weighted by Crippen LogP contribution is -2.36. The number of rotatable bonds is 5. The van der Waals surface area contributed by atoms with E-state index in [1.165, 1.54) is 12.1 Å². The highest BCUT2D eigenvalue weighted by Crippen LogP contribution is 2.29. The van der Waals surface area contributed by atoms with Gasteiger partial charge in [0.2, 0.25) is 0 Å². The molecule has 0 amide bonds. The molecule has 1 N–H and O–H groups in total. The maximum absolute atomic E-state index is 13.4. The summed E-state index contributed by atoms with van der Waals surface area (Å²) >= 11 is 0. The second kappa shape index (κ2) is 10.3. The predicted octanol–water partition coefficient (Wildman–Crippen LogP) is 5.26. The molecule has 0 aliphatic carbocycles. The SMILES string of the molecule is CC.CC(F)(F)c1ccc(-c2cnnc(Nc3ccnc(N4CCOCC4)c3)c2)cc1. The van der Waals surface area contributed by atoms with Crippen molar-refractivity contribution < 1.29 is 13.5 Å². The van der Waals surface area contributed by atoms with Gasteiger partial charge in [-0.1, -0.05) is 38.1 Å². The highest BCUT2D eigenvalue weighted by atomic mass is 19.3. The number of anilines is 3. The zero-order valence-corrected chi connectivity index (χ0v) is 18.0. The van der Waals surface area contributed by atoms with E-state index in [-0.39, 0.29) is 5.56 Å². The Balaban J connectivity index is 0.00000132. The van der Waals surface area contributed by atoms with Crippen LogP contribution < -0.4 is 10.2 Å². The third-order valence-corrected chi connectivity index (χ3v) is 4.73. The van der Waals surface area contributed by atoms with Crippen molar-refractivity contribution in [2.75, 3.05) is 36.5 Å². The van der Waals surface area contributed by atoms with E-state index < -0.39 is 5.92 Å². The molecule has 0 radical (unpaired) electrons. The van der Waals surface area contributed by atoms with E-state index in [1.54, 1.807) is 24.5 Å². The third kappa shape index (κ3) is 5.95. The molecule has 0 spiro atoms. The Hall–Kier alpha value is -3.13. The number of pyridine rings is 1. The molecule has 0 saturated carbocycles. The van der Waals surface area contributed by atoms with Gasteiger partial charge in [-0.15, -0.1) is 5.10 Å². The van der Waals surface area contributed by atoms with Crippen molar-refractivity contribution >= 4 is 17.3 Å². The number of nitrogens with zero attached hydrogens (tertiary/aromatic N) is 4. The van der Waals surface area contributed by atoms with Gasteiger partial charge in [0.15, 0.2) is 5.82 Å². The van der Waals surface area contributed by atoms with E-state index in [1.807, 2.05) is 32.0 Å². The average Bonchev–Trinajstić information content (AvgIpc) is 2.81. The van der Waals surface area contributed by atoms with Gasteiger partial charge in [-0.05, 0) is 17.7 Å². The van der Waals surface area contributed by atoms with Crippen LogP contribution in [0.25, 0.3) is 11.1 Å². The van der Waals surface area contributed by atoms with Gasteiger partial charge in [0.05, 0.1) is 19.4 Å². The van der Waals surface area contributed by atoms with E-state index in [0.29, 0.717) is 19.0 Å². The summed E-state index contributed by atoms with van der Waals surface area (Å²) in [6, 6.07) is 11.8. The highest BCUT2D eigenvalue weighted by Gasteiger charge is 2.23. The second-order valence-corrected chi connectivity index (χ2v) is 6.92. The molecule has 1 aromatic carbocycles. The number of benzene rings is 1. The van der Waals surface area contributed by atoms with E-state index in [0.717, 1.165) is 42.6 Å². The number of halogens is 2. The molecule has 3 aromatic rings. The van der Waals surface area contributed by atoms with Crippen molar-refractivity contribution in [3.8, 4) is 11.1 Å². The molecular weight excluding hydrogens is 400 g/mol. The Kier molecular flexibility index (Phi) is 7.46. The van der Waals surface area contributed by atoms with Gasteiger partial charge in [0.25, 0.3) is 5.92 Å². The summed E-state index contributed by atoms with van der Waals surface area (Å²) in [6.07, 6.45) is 3.35. The van der Waals surface area contributed by atoms with Gasteiger partial charge in [-0.3, -0.25) is 0 Å². The predicted molar refractivity (Wildman–Crippen MR) is 119 cm³/mol. The number of nitrogens with one attached hydrogen (secondary N) is 1. The summed E-state index contributed by atoms with van der Waals surface area (Å²) in [6.45, 7) is 7.88. The molecule has 4 rings (SSSR count). The molecule has 1 fully saturated rings. The fourth-order valence-corrected chi connectivity index (χ4v) is 3.15. The molecule has 0 atom stereocenters. The topological polar surface area (TPSA) is 63.2 Å². The summed E-state index contributed by atoms with van der Waals surface area (Å²) in [5.74, 6) is -1.42. The van der Waals surface area contributed by atoms with Crippen molar-refractivity contribution in [1.29, 1.82) is 0 Å². The summed E-state index contributed by atoms with van der Waals surface area (Å²) < 4.78 is 32.2. The van der Waals surface area contributed by atoms with Crippen LogP contribution in [0.1, 0.15) is 26.3 Å². The molecule has 1 aliphatic rings. The van der Waals surface area contributed by atoms with Crippen LogP contribution in [0.4, 0.5) is 26.1 Å². The first kappa shape index (κ1) is 22.6. The largest absolute Gasteiger partial charge is 0.378 e. The highest BCUT2D eigenvalue weighted by molar-refractivity contribution is 5.68. The normalized spacial score (nSPS) is 13.9. The Morgan fingerprint density at radius 1 is 1.00 bits per heavy atom. The van der Waals surface area contributed by atoms with Crippen molar-refractivity contribution in [2.24, 2.45) is 0 Å². The number of hydrogen-bond acceptors (Lipinski definition) is 6. The van der Waals surface area contributed by atoms with Gasteiger partial charge in [0.1, 0.15) is 5.82 Å². The molecule has 6 nitrogen and oxygen atoms in total. The van der Waals surface area contributed by atoms with Gasteiger partial charge in [-0.25, -0.2) is 13.8 Å². The standard InChI is InChI=1S/C21H21F2N5O.C2H6/c1-21(22,23)17-4-2-15(3-5-17)16-12-19(27-25-14-16)26-18-6-7-24-20(13-18)28-8-10-29-11-9-28;1-2/h2-7,12-14H,8-11H2,1H3,(H,24,26,27);1-2H3. The summed E-state index contributed by atoms with van der Waals surface area (Å²) in [5, 5.41) is 11.4. The first-order chi connectivity index (χ1) is 15.0. The fourth-order valence-electron chi connectivity index (χ4n) is 3.15. The molecule has 3 heterocycles. The second-order valence-electron chi connectivity index (χ2n) is 6.92. The minimum atomic E-state index is -2.86. The number of aromatic nitrogens is 3. The molecule has 2 aromatic heterocycles. The molecule has 1 aliphatic heterocycles. The summed E-state index contributed by atoms with van der Waals surface area (Å²) in [5.41, 5.74) is 2.40. The minimum Gasteiger partial charge on any atom is -0.378 e. The van der Waals surface area contributed by atoms with Crippen LogP contribution in [0.3, 0.4) is 0 Å². The maximum atomic E-state index is 13.4. The molecule has 0 unspecified atom stereocenters. The Morgan fingerprint density at radius 2 is 1.71 bits per heavy atom. The smallest absolute Gasteiger partial charge is 0.270 e. The zero-order chi connectivity index (χ0) is 22.3. The van der Waals surface area contributed by atoms with Crippen molar-refractivity contribution in [1.82, 2.24) is 15.2 Å². The number of hydrogen-bond donors (Lipinski definition) is 1. The summed E-state index contributed by atoms with van der Waals surface area (Å²) in [4.78, 5) is 6.60. The van der Waals surface area contributed by atoms with Crippen molar-refractivity contribution in [3.05, 3.63) is 60.4 Å². The minimum absolute atomic E-state index is 0.0194. The first-order valence-corrected chi connectivity index (χ1v) is 10.4. The average molecular weight is 427 g/mol. The van der Waals surface area contributed by atoms with Crippen LogP contribution in [-0.2, 0) is 10.7 Å². The first-order valence-electron chi connectivity index (χ1n) is 10.4. The Bertz CT molecular complexity index is 970. The summed E-state index contributed by atoms with van der Waals surface area (Å²) in [7, 11) is 0. The number of alkyl halides is 2. The maximum Gasteiger partial charge on any atom is 0.270 e. The number of ether oxygens (including phenoxy) is 1. The molecular formula is C23H27F2N5O. The van der Waals surface area contributed by atoms with Gasteiger partial charge < -0.3 is 15.0 Å². The lowest BCUT2D eigenvalue weighted by molar-refractivity contribution is 0.0175. The quantitative estimate of drug-likeness (QED) is 0.600. The Morgan fingerprint density at radius 3 is 2.39 bits per heavy atom. The Labute approximate surface area is 181 Å². The van der Waals surface area contributed by atoms with E-state index in [4.69, 9.17) is 4.74 Å². The third-order valence-electron chi connectivity index (χ3n) is 4.73. The van der Waals surface area contributed by atoms with Crippen molar-refractivity contribution in [2.45, 2.75) is 26.7 Å². The lowest BCUT2D eigenvalue weighted by atomic mass is 10.0. The van der Waals surface area contributed by atoms with E-state index in [2.05, 4.69) is 25.4 Å². The van der Waals surface area contributed by atoms with E-state index in [9.17, 15) is 8.78 Å². The fraction of sp³-hybridized carbons (Fsp3) is 0.348. The van der Waals surface area contributed by atoms with Crippen LogP contribution in [0.5, 0.6) is 0 Å². The van der Waals surface area contributed by atoms with Crippen LogP contribution in [0.15, 0.2) is 54.9 Å². The zero-order valence-electron chi connectivity index (χ0n) is 18.0. The molecule has 8 heteroatoms. The van der Waals surface area contributed by atoms with Crippen LogP contribution >= 0.6 is 0 Å². The lowest BCUT2D eigenvalue weighted by Gasteiger charge is -2.28. The molecule has 31 heavy (non-hydrogen) atoms. The van der Waals surface area contributed by atoms with Crippen LogP contribution in [0, 0.1) is 0 Å². The van der Waals surface area contributed by atoms with Gasteiger partial charge in [-0.2, -0.15) is 5.10 Å². The van der Waals surface area contributed by atoms with Gasteiger partial charge >= 0.3 is 0 Å². The molecule has 0 bridgehead atoms. The molecule has 1 saturated heterocycles. The van der Waals surface area contributed by atoms with Gasteiger partial charge in [0, 0.05) is 49.1 Å². The van der Waals surface area contributed by atoms with Crippen molar-refractivity contribution in [3.63, 3.8) is 0 Å². The molecule has 164 valence electrons.